The van der Waals surface area contributed by atoms with Gasteiger partial charge in [0, 0.05) is 0 Å². The first-order valence-corrected chi connectivity index (χ1v) is 23.1. The number of hydrogen-bond acceptors (Lipinski definition) is 6. The number of aromatic hydroxyl groups is 1. The van der Waals surface area contributed by atoms with E-state index in [2.05, 4.69) is 24.3 Å². The van der Waals surface area contributed by atoms with Crippen LogP contribution in [0, 0.1) is 6.92 Å². The summed E-state index contributed by atoms with van der Waals surface area (Å²) in [6.45, 7) is 1.99. The molecule has 1 aliphatic carbocycles. The molecule has 0 saturated carbocycles. The summed E-state index contributed by atoms with van der Waals surface area (Å²) in [5.41, 5.74) is 3.19. The van der Waals surface area contributed by atoms with Gasteiger partial charge in [-0.15, -0.1) is 0 Å². The summed E-state index contributed by atoms with van der Waals surface area (Å²) >= 11 is -2.51. The average molecular weight is 544 g/mol. The van der Waals surface area contributed by atoms with E-state index >= 15 is 0 Å². The third kappa shape index (κ3) is 4.36. The zero-order valence-corrected chi connectivity index (χ0v) is 21.2. The molecule has 0 bridgehead atoms. The Morgan fingerprint density at radius 1 is 1.00 bits per heavy atom. The van der Waals surface area contributed by atoms with E-state index in [-0.39, 0.29) is 5.78 Å². The molecule has 0 unspecified atom stereocenters. The molecule has 26 heavy (non-hydrogen) atoms. The molecular formula is C18H18As2O2S4. The van der Waals surface area contributed by atoms with Crippen LogP contribution in [0.25, 0.3) is 6.08 Å². The van der Waals surface area contributed by atoms with Crippen LogP contribution in [-0.4, -0.2) is 58.6 Å². The molecule has 1 aromatic rings. The number of aryl methyl sites for hydroxylation is 1. The van der Waals surface area contributed by atoms with E-state index < -0.39 is 24.7 Å². The van der Waals surface area contributed by atoms with E-state index in [1.54, 1.807) is 6.08 Å². The van der Waals surface area contributed by atoms with Crippen LogP contribution in [0.15, 0.2) is 40.3 Å². The van der Waals surface area contributed by atoms with Crippen LogP contribution in [0.5, 0.6) is 5.75 Å². The average Bonchev–Trinajstić information content (AvgIpc) is 3.33. The normalized spacial score (nSPS) is 23.2. The fourth-order valence-corrected chi connectivity index (χ4v) is 31.8. The second kappa shape index (κ2) is 8.84. The molecule has 1 N–H and O–H groups in total. The molecule has 0 amide bonds. The topological polar surface area (TPSA) is 37.3 Å². The minimum atomic E-state index is -1.27. The standard InChI is InChI=1S/C18H18As2O2S4/c1-12-8-14(11-16(18(12)22)20-25-6-7-26-20)9-13-2-3-17(21)15(10-13)19-23-4-5-24-19/h2-3,8-11,22H,4-7H2,1H3. The van der Waals surface area contributed by atoms with Gasteiger partial charge in [0.2, 0.25) is 0 Å². The molecule has 3 aliphatic rings. The van der Waals surface area contributed by atoms with E-state index in [0.29, 0.717) is 5.75 Å². The van der Waals surface area contributed by atoms with Crippen LogP contribution in [0.1, 0.15) is 11.1 Å². The van der Waals surface area contributed by atoms with Crippen LogP contribution in [0.4, 0.5) is 0 Å². The quantitative estimate of drug-likeness (QED) is 0.584. The summed E-state index contributed by atoms with van der Waals surface area (Å²) in [6, 6.07) is 4.23. The van der Waals surface area contributed by atoms with E-state index in [1.165, 1.54) is 27.4 Å². The molecular weight excluding hydrogens is 526 g/mol. The van der Waals surface area contributed by atoms with Crippen LogP contribution >= 0.6 is 40.1 Å². The van der Waals surface area contributed by atoms with E-state index in [9.17, 15) is 9.90 Å². The Bertz CT molecular complexity index is 823. The summed E-state index contributed by atoms with van der Waals surface area (Å²) in [5.74, 6) is 5.46. The molecule has 0 radical (unpaired) electrons. The fraction of sp³-hybridized carbons (Fsp3) is 0.278. The Balaban J connectivity index is 1.67. The molecule has 0 aromatic heterocycles. The number of allylic oxidation sites excluding steroid dienone is 5. The molecule has 1 aromatic carbocycles. The first-order chi connectivity index (χ1) is 12.6. The first kappa shape index (κ1) is 19.7. The van der Waals surface area contributed by atoms with Gasteiger partial charge >= 0.3 is 178 Å². The Morgan fingerprint density at radius 3 is 2.35 bits per heavy atom. The zero-order chi connectivity index (χ0) is 18.1. The van der Waals surface area contributed by atoms with Gasteiger partial charge in [0.15, 0.2) is 0 Å². The van der Waals surface area contributed by atoms with Crippen molar-refractivity contribution >= 4 is 81.0 Å². The van der Waals surface area contributed by atoms with Crippen molar-refractivity contribution in [2.75, 3.05) is 23.0 Å². The van der Waals surface area contributed by atoms with Crippen molar-refractivity contribution in [1.82, 2.24) is 0 Å². The molecule has 4 rings (SSSR count). The van der Waals surface area contributed by atoms with Crippen LogP contribution < -0.4 is 4.35 Å². The second-order valence-corrected chi connectivity index (χ2v) is 29.3. The Kier molecular flexibility index (Phi) is 6.71. The number of carbonyl (C=O) groups is 1. The van der Waals surface area contributed by atoms with Gasteiger partial charge in [0.25, 0.3) is 0 Å². The van der Waals surface area contributed by atoms with Gasteiger partial charge in [0.05, 0.1) is 0 Å². The predicted octanol–water partition coefficient (Wildman–Crippen LogP) is 3.83. The van der Waals surface area contributed by atoms with Gasteiger partial charge in [-0.1, -0.05) is 0 Å². The summed E-state index contributed by atoms with van der Waals surface area (Å²) < 4.78 is 2.24. The van der Waals surface area contributed by atoms with Crippen LogP contribution in [-0.2, 0) is 4.79 Å². The molecule has 2 saturated heterocycles. The molecule has 0 atom stereocenters. The predicted molar refractivity (Wildman–Crippen MR) is 124 cm³/mol. The van der Waals surface area contributed by atoms with Crippen molar-refractivity contribution in [3.63, 3.8) is 0 Å². The van der Waals surface area contributed by atoms with Gasteiger partial charge < -0.3 is 0 Å². The van der Waals surface area contributed by atoms with Crippen molar-refractivity contribution in [2.24, 2.45) is 0 Å². The van der Waals surface area contributed by atoms with E-state index in [1.807, 2.05) is 53.1 Å². The number of carbonyl (C=O) groups excluding carboxylic acids is 1. The van der Waals surface area contributed by atoms with Crippen molar-refractivity contribution in [3.05, 3.63) is 51.4 Å². The van der Waals surface area contributed by atoms with E-state index in [4.69, 9.17) is 0 Å². The van der Waals surface area contributed by atoms with Gasteiger partial charge in [-0.2, -0.15) is 0 Å². The summed E-state index contributed by atoms with van der Waals surface area (Å²) in [4.78, 5) is 12.3. The van der Waals surface area contributed by atoms with Gasteiger partial charge in [-0.25, -0.2) is 0 Å². The summed E-state index contributed by atoms with van der Waals surface area (Å²) in [5, 5.41) is 10.5. The molecule has 2 heterocycles. The number of rotatable bonds is 3. The number of hydrogen-bond donors (Lipinski definition) is 1. The molecule has 2 fully saturated rings. The molecule has 8 heteroatoms. The molecule has 136 valence electrons. The Labute approximate surface area is 176 Å². The van der Waals surface area contributed by atoms with Gasteiger partial charge in [-0.3, -0.25) is 0 Å². The van der Waals surface area contributed by atoms with Crippen LogP contribution in [0.2, 0.25) is 0 Å². The summed E-state index contributed by atoms with van der Waals surface area (Å²) in [6.07, 6.45) is 7.96. The fourth-order valence-electron chi connectivity index (χ4n) is 2.80. The SMILES string of the molecule is Cc1cc(C=C2C=CC(=O)C([As]3SCCS3)=C2)cc([As]2SCCS2)c1O. The summed E-state index contributed by atoms with van der Waals surface area (Å²) in [7, 11) is 8.12. The third-order valence-corrected chi connectivity index (χ3v) is 31.3. The number of phenolic OH excluding ortho intramolecular Hbond substituents is 1. The third-order valence-electron chi connectivity index (χ3n) is 4.01. The van der Waals surface area contributed by atoms with Crippen molar-refractivity contribution < 1.29 is 9.90 Å². The number of ketones is 1. The van der Waals surface area contributed by atoms with Gasteiger partial charge in [-0.05, 0) is 0 Å². The number of benzene rings is 1. The van der Waals surface area contributed by atoms with Crippen LogP contribution in [0.3, 0.4) is 0 Å². The monoisotopic (exact) mass is 544 g/mol. The van der Waals surface area contributed by atoms with Crippen molar-refractivity contribution in [1.29, 1.82) is 0 Å². The van der Waals surface area contributed by atoms with E-state index in [0.717, 1.165) is 21.1 Å². The zero-order valence-electron chi connectivity index (χ0n) is 14.2. The minimum absolute atomic E-state index is 0.207. The maximum absolute atomic E-state index is 12.3. The molecule has 0 spiro atoms. The maximum atomic E-state index is 12.3. The van der Waals surface area contributed by atoms with Gasteiger partial charge in [0.1, 0.15) is 0 Å². The molecule has 2 nitrogen and oxygen atoms in total. The van der Waals surface area contributed by atoms with Crippen molar-refractivity contribution in [3.8, 4) is 5.75 Å². The second-order valence-electron chi connectivity index (χ2n) is 5.92. The number of phenols is 1. The van der Waals surface area contributed by atoms with Crippen molar-refractivity contribution in [2.45, 2.75) is 6.92 Å². The first-order valence-electron chi connectivity index (χ1n) is 8.23. The molecule has 2 aliphatic heterocycles. The Morgan fingerprint density at radius 2 is 1.65 bits per heavy atom. The Hall–Kier alpha value is 0.427.